The quantitative estimate of drug-likeness (QED) is 0.246. The second kappa shape index (κ2) is 13.9. The largest absolute Gasteiger partial charge is 0.339 e. The highest BCUT2D eigenvalue weighted by Crippen LogP contribution is 2.47. The van der Waals surface area contributed by atoms with E-state index in [1.807, 2.05) is 24.3 Å². The van der Waals surface area contributed by atoms with E-state index in [9.17, 15) is 9.59 Å². The standard InChI is InChI=1S/C35H37N5O2S/c41-33(36-37-34(42)20-22-40-29-15-7-9-17-31(29)43-32-18-10-8-16-30(32)40)19-21-38-23-25-39(26-24-38)35(27-11-3-1-4-12-27)28-13-5-2-6-14-28/h1-18,35H,19-26H2,(H,36,41)(H,37,42). The molecule has 0 aliphatic carbocycles. The summed E-state index contributed by atoms with van der Waals surface area (Å²) < 4.78 is 0. The maximum absolute atomic E-state index is 12.7. The van der Waals surface area contributed by atoms with E-state index in [2.05, 4.69) is 110 Å². The lowest BCUT2D eigenvalue weighted by molar-refractivity contribution is -0.129. The van der Waals surface area contributed by atoms with Crippen LogP contribution in [0, 0.1) is 0 Å². The molecule has 2 heterocycles. The number of hydrogen-bond acceptors (Lipinski definition) is 6. The van der Waals surface area contributed by atoms with Crippen LogP contribution in [-0.2, 0) is 9.59 Å². The van der Waals surface area contributed by atoms with Gasteiger partial charge in [0.25, 0.3) is 0 Å². The number of para-hydroxylation sites is 2. The van der Waals surface area contributed by atoms with E-state index in [0.29, 0.717) is 19.5 Å². The Kier molecular flexibility index (Phi) is 9.37. The zero-order valence-electron chi connectivity index (χ0n) is 24.2. The normalized spacial score (nSPS) is 15.0. The lowest BCUT2D eigenvalue weighted by Crippen LogP contribution is -2.49. The minimum Gasteiger partial charge on any atom is -0.339 e. The van der Waals surface area contributed by atoms with Gasteiger partial charge in [0, 0.05) is 61.9 Å². The number of hydrazine groups is 1. The van der Waals surface area contributed by atoms with Gasteiger partial charge in [0.1, 0.15) is 0 Å². The van der Waals surface area contributed by atoms with Gasteiger partial charge in [0.15, 0.2) is 0 Å². The summed E-state index contributed by atoms with van der Waals surface area (Å²) in [5.41, 5.74) is 10.0. The molecule has 7 nitrogen and oxygen atoms in total. The SMILES string of the molecule is O=C(CCN1CCN(C(c2ccccc2)c2ccccc2)CC1)NNC(=O)CCN1c2ccccc2Sc2ccccc21. The van der Waals surface area contributed by atoms with Crippen molar-refractivity contribution in [1.29, 1.82) is 0 Å². The first-order valence-corrected chi connectivity index (χ1v) is 15.7. The van der Waals surface area contributed by atoms with Crippen LogP contribution < -0.4 is 15.8 Å². The Hall–Kier alpha value is -4.11. The van der Waals surface area contributed by atoms with Crippen LogP contribution >= 0.6 is 11.8 Å². The van der Waals surface area contributed by atoms with Crippen LogP contribution in [0.5, 0.6) is 0 Å². The maximum Gasteiger partial charge on any atom is 0.240 e. The van der Waals surface area contributed by atoms with Crippen LogP contribution in [-0.4, -0.2) is 60.9 Å². The minimum absolute atomic E-state index is 0.174. The van der Waals surface area contributed by atoms with E-state index in [-0.39, 0.29) is 24.3 Å². The molecule has 0 aromatic heterocycles. The van der Waals surface area contributed by atoms with E-state index < -0.39 is 0 Å². The Morgan fingerprint density at radius 3 is 1.60 bits per heavy atom. The van der Waals surface area contributed by atoms with Crippen molar-refractivity contribution in [2.75, 3.05) is 44.2 Å². The second-order valence-electron chi connectivity index (χ2n) is 10.9. The van der Waals surface area contributed by atoms with Crippen molar-refractivity contribution in [3.63, 3.8) is 0 Å². The van der Waals surface area contributed by atoms with Crippen molar-refractivity contribution in [2.45, 2.75) is 28.7 Å². The molecule has 2 amide bonds. The molecule has 0 atom stereocenters. The van der Waals surface area contributed by atoms with Crippen LogP contribution in [0.1, 0.15) is 30.0 Å². The maximum atomic E-state index is 12.7. The molecule has 0 bridgehead atoms. The van der Waals surface area contributed by atoms with Gasteiger partial charge in [0.2, 0.25) is 11.8 Å². The van der Waals surface area contributed by atoms with E-state index in [1.54, 1.807) is 11.8 Å². The van der Waals surface area contributed by atoms with Crippen LogP contribution in [0.15, 0.2) is 119 Å². The predicted octanol–water partition coefficient (Wildman–Crippen LogP) is 5.62. The summed E-state index contributed by atoms with van der Waals surface area (Å²) in [6, 6.07) is 38.0. The van der Waals surface area contributed by atoms with Crippen LogP contribution in [0.2, 0.25) is 0 Å². The molecule has 0 radical (unpaired) electrons. The van der Waals surface area contributed by atoms with Gasteiger partial charge >= 0.3 is 0 Å². The van der Waals surface area contributed by atoms with Crippen molar-refractivity contribution < 1.29 is 9.59 Å². The fourth-order valence-electron chi connectivity index (χ4n) is 5.89. The van der Waals surface area contributed by atoms with E-state index in [1.165, 1.54) is 20.9 Å². The first kappa shape index (κ1) is 29.0. The first-order chi connectivity index (χ1) is 21.2. The number of fused-ring (bicyclic) bond motifs is 2. The number of amides is 2. The van der Waals surface area contributed by atoms with Crippen molar-refractivity contribution in [2.24, 2.45) is 0 Å². The topological polar surface area (TPSA) is 67.9 Å². The fraction of sp³-hybridized carbons (Fsp3) is 0.257. The molecule has 2 N–H and O–H groups in total. The minimum atomic E-state index is -0.206. The summed E-state index contributed by atoms with van der Waals surface area (Å²) in [4.78, 5) is 34.7. The van der Waals surface area contributed by atoms with Gasteiger partial charge in [-0.3, -0.25) is 25.3 Å². The highest BCUT2D eigenvalue weighted by molar-refractivity contribution is 7.99. The van der Waals surface area contributed by atoms with Gasteiger partial charge in [-0.05, 0) is 35.4 Å². The highest BCUT2D eigenvalue weighted by atomic mass is 32.2. The smallest absolute Gasteiger partial charge is 0.240 e. The molecule has 1 fully saturated rings. The Labute approximate surface area is 257 Å². The first-order valence-electron chi connectivity index (χ1n) is 14.9. The molecule has 2 aliphatic rings. The number of carbonyl (C=O) groups is 2. The molecule has 4 aromatic rings. The monoisotopic (exact) mass is 591 g/mol. The molecule has 0 spiro atoms. The van der Waals surface area contributed by atoms with Crippen LogP contribution in [0.25, 0.3) is 0 Å². The summed E-state index contributed by atoms with van der Waals surface area (Å²) in [7, 11) is 0. The van der Waals surface area contributed by atoms with Crippen LogP contribution in [0.4, 0.5) is 11.4 Å². The molecular formula is C35H37N5O2S. The summed E-state index contributed by atoms with van der Waals surface area (Å²) in [6.45, 7) is 4.82. The number of carbonyl (C=O) groups excluding carboxylic acids is 2. The highest BCUT2D eigenvalue weighted by Gasteiger charge is 2.27. The van der Waals surface area contributed by atoms with E-state index in [0.717, 1.165) is 37.6 Å². The van der Waals surface area contributed by atoms with Crippen molar-refractivity contribution in [3.8, 4) is 0 Å². The molecule has 1 saturated heterocycles. The Morgan fingerprint density at radius 2 is 1.07 bits per heavy atom. The van der Waals surface area contributed by atoms with Crippen molar-refractivity contribution in [1.82, 2.24) is 20.7 Å². The fourth-order valence-corrected chi connectivity index (χ4v) is 6.99. The summed E-state index contributed by atoms with van der Waals surface area (Å²) in [5.74, 6) is -0.379. The van der Waals surface area contributed by atoms with Gasteiger partial charge in [-0.25, -0.2) is 0 Å². The molecule has 220 valence electrons. The Balaban J connectivity index is 0.950. The second-order valence-corrected chi connectivity index (χ2v) is 12.0. The zero-order valence-corrected chi connectivity index (χ0v) is 25.0. The number of nitrogens with one attached hydrogen (secondary N) is 2. The van der Waals surface area contributed by atoms with Gasteiger partial charge in [-0.2, -0.15) is 0 Å². The van der Waals surface area contributed by atoms with Gasteiger partial charge in [-0.15, -0.1) is 0 Å². The molecule has 6 rings (SSSR count). The summed E-state index contributed by atoms with van der Waals surface area (Å²) in [6.07, 6.45) is 0.602. The number of piperazine rings is 1. The molecule has 2 aliphatic heterocycles. The average molecular weight is 592 g/mol. The molecule has 43 heavy (non-hydrogen) atoms. The summed E-state index contributed by atoms with van der Waals surface area (Å²) in [5, 5.41) is 0. The molecule has 4 aromatic carbocycles. The molecule has 0 saturated carbocycles. The molecular weight excluding hydrogens is 554 g/mol. The Morgan fingerprint density at radius 1 is 0.605 bits per heavy atom. The van der Waals surface area contributed by atoms with Gasteiger partial charge < -0.3 is 9.80 Å². The summed E-state index contributed by atoms with van der Waals surface area (Å²) >= 11 is 1.75. The van der Waals surface area contributed by atoms with E-state index in [4.69, 9.17) is 0 Å². The molecule has 8 heteroatoms. The number of anilines is 2. The number of benzene rings is 4. The lowest BCUT2D eigenvalue weighted by Gasteiger charge is -2.39. The number of nitrogens with zero attached hydrogens (tertiary/aromatic N) is 3. The third-order valence-corrected chi connectivity index (χ3v) is 9.22. The molecule has 0 unspecified atom stereocenters. The van der Waals surface area contributed by atoms with E-state index >= 15 is 0 Å². The van der Waals surface area contributed by atoms with Crippen LogP contribution in [0.3, 0.4) is 0 Å². The van der Waals surface area contributed by atoms with Crippen molar-refractivity contribution in [3.05, 3.63) is 120 Å². The Bertz CT molecular complexity index is 1440. The number of hydrogen-bond donors (Lipinski definition) is 2. The van der Waals surface area contributed by atoms with Crippen molar-refractivity contribution >= 4 is 35.0 Å². The lowest BCUT2D eigenvalue weighted by atomic mass is 9.96. The third-order valence-electron chi connectivity index (χ3n) is 8.09. The average Bonchev–Trinajstić information content (AvgIpc) is 3.06. The zero-order chi connectivity index (χ0) is 29.4. The predicted molar refractivity (Wildman–Crippen MR) is 172 cm³/mol. The van der Waals surface area contributed by atoms with Gasteiger partial charge in [-0.1, -0.05) is 96.7 Å². The number of rotatable bonds is 9. The van der Waals surface area contributed by atoms with Gasteiger partial charge in [0.05, 0.1) is 17.4 Å². The third kappa shape index (κ3) is 7.10.